The molecule has 0 aliphatic carbocycles. The Hall–Kier alpha value is -2.42. The highest BCUT2D eigenvalue weighted by Gasteiger charge is 2.17. The number of nitrogens with one attached hydrogen (secondary N) is 1. The van der Waals surface area contributed by atoms with Gasteiger partial charge in [-0.05, 0) is 29.2 Å². The zero-order chi connectivity index (χ0) is 16.8. The van der Waals surface area contributed by atoms with E-state index in [-0.39, 0.29) is 18.7 Å². The first-order chi connectivity index (χ1) is 11.8. The van der Waals surface area contributed by atoms with Crippen LogP contribution in [0.2, 0.25) is 0 Å². The fourth-order valence-electron chi connectivity index (χ4n) is 2.99. The lowest BCUT2D eigenvalue weighted by molar-refractivity contribution is 0.281. The van der Waals surface area contributed by atoms with E-state index in [1.54, 1.807) is 0 Å². The molecule has 2 heteroatoms. The summed E-state index contributed by atoms with van der Waals surface area (Å²) in [6.45, 7) is 2.24. The molecule has 2 N–H and O–H groups in total. The molecule has 24 heavy (non-hydrogen) atoms. The average Bonchev–Trinajstić information content (AvgIpc) is 2.67. The second-order valence-corrected chi connectivity index (χ2v) is 6.05. The van der Waals surface area contributed by atoms with Crippen molar-refractivity contribution in [3.63, 3.8) is 0 Å². The molecule has 0 fully saturated rings. The van der Waals surface area contributed by atoms with Crippen LogP contribution in [-0.2, 0) is 6.61 Å². The first-order valence-electron chi connectivity index (χ1n) is 8.33. The lowest BCUT2D eigenvalue weighted by Gasteiger charge is -2.25. The number of aliphatic hydroxyl groups is 1. The smallest absolute Gasteiger partial charge is 0.0681 e. The second-order valence-electron chi connectivity index (χ2n) is 6.05. The normalized spacial score (nSPS) is 13.4. The lowest BCUT2D eigenvalue weighted by atomic mass is 9.95. The summed E-state index contributed by atoms with van der Waals surface area (Å²) in [5.41, 5.74) is 4.57. The topological polar surface area (TPSA) is 32.3 Å². The van der Waals surface area contributed by atoms with E-state index in [4.69, 9.17) is 0 Å². The monoisotopic (exact) mass is 317 g/mol. The molecule has 0 amide bonds. The Morgan fingerprint density at radius 3 is 1.96 bits per heavy atom. The first-order valence-corrected chi connectivity index (χ1v) is 8.33. The Balaban J connectivity index is 1.93. The van der Waals surface area contributed by atoms with Gasteiger partial charge in [0.05, 0.1) is 12.6 Å². The Morgan fingerprint density at radius 1 is 0.750 bits per heavy atom. The summed E-state index contributed by atoms with van der Waals surface area (Å²) in [7, 11) is 0. The molecule has 3 aromatic rings. The molecule has 0 heterocycles. The van der Waals surface area contributed by atoms with Crippen molar-refractivity contribution in [3.05, 3.63) is 107 Å². The molecule has 0 aliphatic rings. The van der Waals surface area contributed by atoms with E-state index in [0.717, 1.165) is 11.1 Å². The fourth-order valence-corrected chi connectivity index (χ4v) is 2.99. The molecule has 2 atom stereocenters. The maximum atomic E-state index is 9.45. The molecule has 0 saturated carbocycles. The SMILES string of the molecule is C[C@@H](NC(c1ccccc1)c1cccc(CO)c1)c1ccccc1. The van der Waals surface area contributed by atoms with Gasteiger partial charge in [-0.15, -0.1) is 0 Å². The number of hydrogen-bond donors (Lipinski definition) is 2. The molecule has 122 valence electrons. The average molecular weight is 317 g/mol. The number of rotatable bonds is 6. The molecule has 0 bridgehead atoms. The summed E-state index contributed by atoms with van der Waals surface area (Å²) >= 11 is 0. The summed E-state index contributed by atoms with van der Waals surface area (Å²) in [6.07, 6.45) is 0. The molecular weight excluding hydrogens is 294 g/mol. The highest BCUT2D eigenvalue weighted by atomic mass is 16.3. The predicted molar refractivity (Wildman–Crippen MR) is 98.6 cm³/mol. The molecule has 0 aliphatic heterocycles. The van der Waals surface area contributed by atoms with Gasteiger partial charge in [0.2, 0.25) is 0 Å². The Morgan fingerprint density at radius 2 is 1.33 bits per heavy atom. The van der Waals surface area contributed by atoms with E-state index in [9.17, 15) is 5.11 Å². The van der Waals surface area contributed by atoms with Crippen LogP contribution in [0.25, 0.3) is 0 Å². The molecule has 3 aromatic carbocycles. The van der Waals surface area contributed by atoms with Crippen molar-refractivity contribution in [1.29, 1.82) is 0 Å². The van der Waals surface area contributed by atoms with Crippen LogP contribution in [0.15, 0.2) is 84.9 Å². The molecule has 2 nitrogen and oxygen atoms in total. The van der Waals surface area contributed by atoms with Crippen molar-refractivity contribution in [2.45, 2.75) is 25.6 Å². The van der Waals surface area contributed by atoms with E-state index in [0.29, 0.717) is 0 Å². The maximum Gasteiger partial charge on any atom is 0.0681 e. The maximum absolute atomic E-state index is 9.45. The van der Waals surface area contributed by atoms with Crippen molar-refractivity contribution in [3.8, 4) is 0 Å². The van der Waals surface area contributed by atoms with E-state index >= 15 is 0 Å². The van der Waals surface area contributed by atoms with E-state index < -0.39 is 0 Å². The van der Waals surface area contributed by atoms with Crippen LogP contribution in [0.4, 0.5) is 0 Å². The Bertz CT molecular complexity index is 755. The predicted octanol–water partition coefficient (Wildman–Crippen LogP) is 4.62. The summed E-state index contributed by atoms with van der Waals surface area (Å²) in [6, 6.07) is 29.3. The van der Waals surface area contributed by atoms with Crippen molar-refractivity contribution < 1.29 is 5.11 Å². The third kappa shape index (κ3) is 3.91. The number of benzene rings is 3. The minimum Gasteiger partial charge on any atom is -0.392 e. The summed E-state index contributed by atoms with van der Waals surface area (Å²) in [4.78, 5) is 0. The molecule has 0 saturated heterocycles. The fraction of sp³-hybridized carbons (Fsp3) is 0.182. The Labute approximate surface area is 143 Å². The van der Waals surface area contributed by atoms with Crippen molar-refractivity contribution in [2.24, 2.45) is 0 Å². The van der Waals surface area contributed by atoms with Gasteiger partial charge in [-0.25, -0.2) is 0 Å². The van der Waals surface area contributed by atoms with Crippen LogP contribution in [-0.4, -0.2) is 5.11 Å². The molecule has 3 rings (SSSR count). The second kappa shape index (κ2) is 7.91. The van der Waals surface area contributed by atoms with Gasteiger partial charge in [-0.2, -0.15) is 0 Å². The summed E-state index contributed by atoms with van der Waals surface area (Å²) in [5.74, 6) is 0. The van der Waals surface area contributed by atoms with Crippen molar-refractivity contribution in [1.82, 2.24) is 5.32 Å². The minimum absolute atomic E-state index is 0.0591. The van der Waals surface area contributed by atoms with Gasteiger partial charge in [0, 0.05) is 6.04 Å². The largest absolute Gasteiger partial charge is 0.392 e. The molecular formula is C22H23NO. The highest BCUT2D eigenvalue weighted by Crippen LogP contribution is 2.26. The van der Waals surface area contributed by atoms with Crippen LogP contribution < -0.4 is 5.32 Å². The lowest BCUT2D eigenvalue weighted by Crippen LogP contribution is -2.25. The van der Waals surface area contributed by atoms with Gasteiger partial charge in [0.25, 0.3) is 0 Å². The van der Waals surface area contributed by atoms with Crippen molar-refractivity contribution >= 4 is 0 Å². The summed E-state index contributed by atoms with van der Waals surface area (Å²) < 4.78 is 0. The quantitative estimate of drug-likeness (QED) is 0.695. The van der Waals surface area contributed by atoms with Crippen LogP contribution in [0.1, 0.15) is 41.3 Å². The minimum atomic E-state index is 0.0591. The van der Waals surface area contributed by atoms with Gasteiger partial charge >= 0.3 is 0 Å². The van der Waals surface area contributed by atoms with E-state index in [2.05, 4.69) is 72.9 Å². The summed E-state index contributed by atoms with van der Waals surface area (Å²) in [5, 5.41) is 13.2. The van der Waals surface area contributed by atoms with Gasteiger partial charge in [0.1, 0.15) is 0 Å². The molecule has 0 spiro atoms. The van der Waals surface area contributed by atoms with Gasteiger partial charge in [-0.1, -0.05) is 84.9 Å². The Kier molecular flexibility index (Phi) is 5.42. The molecule has 0 aromatic heterocycles. The molecule has 1 unspecified atom stereocenters. The van der Waals surface area contributed by atoms with Crippen LogP contribution in [0.5, 0.6) is 0 Å². The van der Waals surface area contributed by atoms with E-state index in [1.165, 1.54) is 11.1 Å². The van der Waals surface area contributed by atoms with Crippen LogP contribution in [0, 0.1) is 0 Å². The van der Waals surface area contributed by atoms with E-state index in [1.807, 2.05) is 24.3 Å². The number of aliphatic hydroxyl groups excluding tert-OH is 1. The first kappa shape index (κ1) is 16.4. The van der Waals surface area contributed by atoms with Gasteiger partial charge in [0.15, 0.2) is 0 Å². The standard InChI is InChI=1S/C22H23NO/c1-17(19-10-4-2-5-11-19)23-22(20-12-6-3-7-13-20)21-14-8-9-18(15-21)16-24/h2-15,17,22-24H,16H2,1H3/t17-,22?/m1/s1. The van der Waals surface area contributed by atoms with Gasteiger partial charge in [-0.3, -0.25) is 5.32 Å². The van der Waals surface area contributed by atoms with Crippen molar-refractivity contribution in [2.75, 3.05) is 0 Å². The highest BCUT2D eigenvalue weighted by molar-refractivity contribution is 5.35. The number of hydrogen-bond acceptors (Lipinski definition) is 2. The zero-order valence-corrected chi connectivity index (χ0v) is 13.9. The van der Waals surface area contributed by atoms with Crippen LogP contribution >= 0.6 is 0 Å². The third-order valence-electron chi connectivity index (χ3n) is 4.32. The third-order valence-corrected chi connectivity index (χ3v) is 4.32. The van der Waals surface area contributed by atoms with Crippen LogP contribution in [0.3, 0.4) is 0 Å². The molecule has 0 radical (unpaired) electrons. The van der Waals surface area contributed by atoms with Gasteiger partial charge < -0.3 is 5.11 Å². The zero-order valence-electron chi connectivity index (χ0n) is 13.9.